The smallest absolute Gasteiger partial charge is 0.155 e. The summed E-state index contributed by atoms with van der Waals surface area (Å²) in [7, 11) is 0. The maximum Gasteiger partial charge on any atom is 0.155 e. The van der Waals surface area contributed by atoms with Crippen LogP contribution in [0.5, 0.6) is 0 Å². The minimum absolute atomic E-state index is 0. The number of carbonyl (C=O) groups excluding carboxylic acids is 3. The molecule has 6 aromatic carbocycles. The van der Waals surface area contributed by atoms with Crippen molar-refractivity contribution in [1.29, 1.82) is 0 Å². The van der Waals surface area contributed by atoms with Crippen molar-refractivity contribution in [3.05, 3.63) is 270 Å². The summed E-state index contributed by atoms with van der Waals surface area (Å²) >= 11 is 5.46. The topological polar surface area (TPSA) is 151 Å². The molecular formula is C88H92Ir3N3O6S3-3. The molecule has 0 amide bonds. The second kappa shape index (κ2) is 41.6. The maximum atomic E-state index is 10.0. The normalized spacial score (nSPS) is 11.3. The van der Waals surface area contributed by atoms with Crippen molar-refractivity contribution in [3.8, 4) is 65.1 Å². The van der Waals surface area contributed by atoms with Crippen molar-refractivity contribution in [2.75, 3.05) is 0 Å². The standard InChI is InChI=1S/2C25H24NS.C23H20NS.3C5H8O2.3Ir/c1-16(2)20-11-8-12-21(17(3)4)25(20)23-14-19-13-22(26-15-24(19)27-23)18-9-6-5-7-10-18;1-16(2)19-10-20(17(3)4)12-21(11-19)24-14-22-13-23(26-15-25(22)27-24)18-8-6-5-7-9-18;1-23(2,3)19-11-9-17(10-12-19)21-14-18-13-20(24-15-22(18)25-21)16-7-5-4-6-8-16;3*1-4(6)3-5(2)7;;;/h5-9,11-17H,1-4H3;5-8,10-17H,1-4H3;4-7,9-15H,1-3H3;3*3,6H,1-2H3;;;/q3*-1;;;;;;. The number of allylic oxidation sites excluding steroid dienone is 6. The molecule has 0 spiro atoms. The number of hydrogen-bond acceptors (Lipinski definition) is 12. The fraction of sp³-hybridized carbons (Fsp3) is 0.250. The van der Waals surface area contributed by atoms with E-state index in [-0.39, 0.29) is 100 Å². The first-order valence-corrected chi connectivity index (χ1v) is 36.0. The fourth-order valence-electron chi connectivity index (χ4n) is 10.7. The molecule has 6 heterocycles. The molecule has 0 atom stereocenters. The van der Waals surface area contributed by atoms with Gasteiger partial charge in [0.25, 0.3) is 0 Å². The molecule has 0 bridgehead atoms. The molecule has 12 rings (SSSR count). The number of aliphatic hydroxyl groups excluding tert-OH is 3. The van der Waals surface area contributed by atoms with Crippen molar-refractivity contribution < 1.29 is 90.0 Å². The Morgan fingerprint density at radius 1 is 0.398 bits per heavy atom. The van der Waals surface area contributed by atoms with Crippen LogP contribution in [0.25, 0.3) is 95.4 Å². The van der Waals surface area contributed by atoms with E-state index in [1.165, 1.54) is 149 Å². The van der Waals surface area contributed by atoms with Gasteiger partial charge in [0.05, 0.1) is 31.4 Å². The number of fused-ring (bicyclic) bond motifs is 3. The van der Waals surface area contributed by atoms with E-state index in [1.807, 2.05) is 102 Å². The summed E-state index contributed by atoms with van der Waals surface area (Å²) in [4.78, 5) is 47.9. The number of ketones is 3. The first-order valence-electron chi connectivity index (χ1n) is 33.6. The van der Waals surface area contributed by atoms with Crippen LogP contribution in [0.2, 0.25) is 0 Å². The Morgan fingerprint density at radius 2 is 0.728 bits per heavy atom. The van der Waals surface area contributed by atoms with Gasteiger partial charge in [0.1, 0.15) is 0 Å². The van der Waals surface area contributed by atoms with E-state index in [0.717, 1.165) is 33.8 Å². The van der Waals surface area contributed by atoms with Crippen LogP contribution >= 0.6 is 34.0 Å². The predicted molar refractivity (Wildman–Crippen MR) is 424 cm³/mol. The molecule has 3 N–H and O–H groups in total. The first-order chi connectivity index (χ1) is 47.4. The zero-order chi connectivity index (χ0) is 73.0. The van der Waals surface area contributed by atoms with Crippen LogP contribution in [0.3, 0.4) is 0 Å². The second-order valence-corrected chi connectivity index (χ2v) is 30.1. The van der Waals surface area contributed by atoms with Crippen molar-refractivity contribution in [3.63, 3.8) is 0 Å². The fourth-order valence-corrected chi connectivity index (χ4v) is 13.8. The second-order valence-electron chi connectivity index (χ2n) is 26.8. The number of benzene rings is 6. The van der Waals surface area contributed by atoms with Gasteiger partial charge in [-0.05, 0) is 167 Å². The third kappa shape index (κ3) is 26.7. The Labute approximate surface area is 662 Å². The molecule has 0 fully saturated rings. The van der Waals surface area contributed by atoms with Gasteiger partial charge in [-0.15, -0.1) is 142 Å². The van der Waals surface area contributed by atoms with Crippen LogP contribution in [0.4, 0.5) is 0 Å². The van der Waals surface area contributed by atoms with Gasteiger partial charge in [-0.2, -0.15) is 0 Å². The first kappa shape index (κ1) is 87.6. The molecule has 15 heteroatoms. The summed E-state index contributed by atoms with van der Waals surface area (Å²) in [6, 6.07) is 70.0. The van der Waals surface area contributed by atoms with Crippen LogP contribution in [0.1, 0.15) is 169 Å². The largest absolute Gasteiger partial charge is 0.512 e. The van der Waals surface area contributed by atoms with Crippen molar-refractivity contribution in [1.82, 2.24) is 15.0 Å². The van der Waals surface area contributed by atoms with Gasteiger partial charge in [-0.3, -0.25) is 14.4 Å². The zero-order valence-corrected chi connectivity index (χ0v) is 71.2. The monoisotopic (exact) mass is 1960 g/mol. The molecule has 0 saturated heterocycles. The van der Waals surface area contributed by atoms with E-state index in [9.17, 15) is 14.4 Å². The molecule has 0 saturated carbocycles. The van der Waals surface area contributed by atoms with Crippen molar-refractivity contribution in [2.45, 2.75) is 147 Å². The van der Waals surface area contributed by atoms with Crippen LogP contribution in [0, 0.1) is 18.2 Å². The molecule has 543 valence electrons. The zero-order valence-electron chi connectivity index (χ0n) is 61.6. The van der Waals surface area contributed by atoms with Gasteiger partial charge in [0.2, 0.25) is 0 Å². The minimum atomic E-state index is -0.125. The van der Waals surface area contributed by atoms with E-state index in [0.29, 0.717) is 23.7 Å². The van der Waals surface area contributed by atoms with E-state index in [1.54, 1.807) is 11.3 Å². The van der Waals surface area contributed by atoms with E-state index >= 15 is 0 Å². The summed E-state index contributed by atoms with van der Waals surface area (Å²) in [6.07, 6.45) is 9.48. The summed E-state index contributed by atoms with van der Waals surface area (Å²) in [6.45, 7) is 33.5. The van der Waals surface area contributed by atoms with E-state index in [2.05, 4.69) is 219 Å². The Hall–Kier alpha value is -7.77. The molecule has 3 radical (unpaired) electrons. The van der Waals surface area contributed by atoms with Gasteiger partial charge in [0, 0.05) is 112 Å². The summed E-state index contributed by atoms with van der Waals surface area (Å²) in [5.74, 6) is 1.86. The Balaban J connectivity index is 0.000000283. The molecular weight excluding hydrogens is 1870 g/mol. The number of pyridine rings is 3. The molecule has 0 aliphatic heterocycles. The minimum Gasteiger partial charge on any atom is -0.512 e. The van der Waals surface area contributed by atoms with Crippen LogP contribution in [-0.4, -0.2) is 47.6 Å². The molecule has 12 aromatic rings. The third-order valence-corrected chi connectivity index (χ3v) is 19.0. The Bertz CT molecular complexity index is 4680. The molecule has 103 heavy (non-hydrogen) atoms. The third-order valence-electron chi connectivity index (χ3n) is 15.7. The van der Waals surface area contributed by atoms with Crippen LogP contribution in [-0.2, 0) is 80.1 Å². The average Bonchev–Trinajstić information content (AvgIpc) is 1.68. The summed E-state index contributed by atoms with van der Waals surface area (Å²) in [5, 5.41) is 28.8. The van der Waals surface area contributed by atoms with Gasteiger partial charge < -0.3 is 30.3 Å². The number of aromatic nitrogens is 3. The summed E-state index contributed by atoms with van der Waals surface area (Å²) < 4.78 is 3.68. The van der Waals surface area contributed by atoms with Crippen LogP contribution < -0.4 is 0 Å². The molecule has 0 aliphatic rings. The van der Waals surface area contributed by atoms with Crippen molar-refractivity contribution in [2.24, 2.45) is 0 Å². The van der Waals surface area contributed by atoms with Crippen LogP contribution in [0.15, 0.2) is 224 Å². The SMILES string of the molecule is CC(=O)C=C(C)O.CC(=O)C=C(C)O.CC(=O)C=C(C)O.CC(C)(C)c1ccc(-c2cc3cc(-c4[c-]cccc4)ncc3s2)cc1.CC(C)c1cc(-c2cc3cc(-c4[c-]cccc4)ncc3s2)cc(C(C)C)c1.CC(C)c1cccc(C(C)C)c1-c1cc2cc(-c3[c-]cccc3)ncc2s1.[Ir].[Ir].[Ir]. The number of carbonyl (C=O) groups is 3. The van der Waals surface area contributed by atoms with Crippen molar-refractivity contribution >= 4 is 81.6 Å². The van der Waals surface area contributed by atoms with Gasteiger partial charge in [0.15, 0.2) is 17.3 Å². The number of thiophene rings is 3. The van der Waals surface area contributed by atoms with E-state index in [4.69, 9.17) is 15.3 Å². The number of rotatable bonds is 13. The Morgan fingerprint density at radius 3 is 1.01 bits per heavy atom. The van der Waals surface area contributed by atoms with E-state index < -0.39 is 0 Å². The van der Waals surface area contributed by atoms with Gasteiger partial charge >= 0.3 is 0 Å². The van der Waals surface area contributed by atoms with Gasteiger partial charge in [-0.1, -0.05) is 155 Å². The number of nitrogens with zero attached hydrogens (tertiary/aromatic N) is 3. The quantitative estimate of drug-likeness (QED) is 0.0582. The molecule has 0 aliphatic carbocycles. The molecule has 6 aromatic heterocycles. The Kier molecular flexibility index (Phi) is 35.4. The number of aliphatic hydroxyl groups is 3. The maximum absolute atomic E-state index is 10.0. The average molecular weight is 1960 g/mol. The predicted octanol–water partition coefficient (Wildman–Crippen LogP) is 25.2. The number of hydrogen-bond donors (Lipinski definition) is 3. The molecule has 0 unspecified atom stereocenters. The van der Waals surface area contributed by atoms with Gasteiger partial charge in [-0.25, -0.2) is 0 Å². The molecule has 9 nitrogen and oxygen atoms in total. The summed E-state index contributed by atoms with van der Waals surface area (Å²) in [5.41, 5.74) is 17.3.